The van der Waals surface area contributed by atoms with Crippen LogP contribution in [0.1, 0.15) is 27.4 Å². The molecule has 0 aliphatic carbocycles. The number of ketones is 1. The Morgan fingerprint density at radius 1 is 1.03 bits per heavy atom. The Bertz CT molecular complexity index is 1370. The van der Waals surface area contributed by atoms with Crippen molar-refractivity contribution in [3.8, 4) is 17.9 Å². The Morgan fingerprint density at radius 2 is 1.82 bits per heavy atom. The molecule has 2 aliphatic heterocycles. The minimum atomic E-state index is -1.57. The van der Waals surface area contributed by atoms with Crippen LogP contribution in [0.25, 0.3) is 6.08 Å². The first-order valence-electron chi connectivity index (χ1n) is 10.5. The summed E-state index contributed by atoms with van der Waals surface area (Å²) >= 11 is 6.29. The van der Waals surface area contributed by atoms with Crippen molar-refractivity contribution in [2.75, 3.05) is 4.90 Å². The molecule has 0 radical (unpaired) electrons. The van der Waals surface area contributed by atoms with Gasteiger partial charge in [-0.2, -0.15) is 10.5 Å². The molecule has 33 heavy (non-hydrogen) atoms. The standard InChI is InChI=1S/C27H18ClN3O2/c28-20-8-4-7-19(13-20)25-23(15-29)31-22-11-10-21(32)14-18(22)9-12-24(31)27(25,16-30)26(33)17-5-2-1-3-6-17/h1-14,23-25,32H. The molecule has 5 nitrogen and oxygen atoms in total. The highest BCUT2D eigenvalue weighted by Gasteiger charge is 2.64. The van der Waals surface area contributed by atoms with Gasteiger partial charge in [-0.1, -0.05) is 66.2 Å². The Morgan fingerprint density at radius 3 is 2.52 bits per heavy atom. The number of phenols is 1. The highest BCUT2D eigenvalue weighted by molar-refractivity contribution is 6.30. The van der Waals surface area contributed by atoms with Crippen LogP contribution < -0.4 is 4.90 Å². The maximum absolute atomic E-state index is 14.1. The number of benzene rings is 3. The van der Waals surface area contributed by atoms with Crippen molar-refractivity contribution >= 4 is 29.1 Å². The maximum atomic E-state index is 14.1. The van der Waals surface area contributed by atoms with Gasteiger partial charge >= 0.3 is 0 Å². The summed E-state index contributed by atoms with van der Waals surface area (Å²) in [6, 6.07) is 23.9. The highest BCUT2D eigenvalue weighted by atomic mass is 35.5. The number of rotatable bonds is 3. The van der Waals surface area contributed by atoms with Crippen molar-refractivity contribution in [1.82, 2.24) is 0 Å². The van der Waals surface area contributed by atoms with E-state index in [9.17, 15) is 20.4 Å². The minimum Gasteiger partial charge on any atom is -0.508 e. The van der Waals surface area contributed by atoms with Crippen molar-refractivity contribution in [3.05, 3.63) is 101 Å². The molecule has 160 valence electrons. The molecule has 4 atom stereocenters. The largest absolute Gasteiger partial charge is 0.508 e. The number of aromatic hydroxyl groups is 1. The molecule has 1 N–H and O–H groups in total. The third-order valence-electron chi connectivity index (χ3n) is 6.56. The normalized spacial score (nSPS) is 24.9. The lowest BCUT2D eigenvalue weighted by molar-refractivity contribution is 0.0842. The predicted octanol–water partition coefficient (Wildman–Crippen LogP) is 5.33. The van der Waals surface area contributed by atoms with Gasteiger partial charge in [0, 0.05) is 27.8 Å². The average Bonchev–Trinajstić information content (AvgIpc) is 3.14. The van der Waals surface area contributed by atoms with E-state index in [1.165, 1.54) is 0 Å². The van der Waals surface area contributed by atoms with Crippen LogP contribution in [0.4, 0.5) is 5.69 Å². The van der Waals surface area contributed by atoms with Gasteiger partial charge in [0.05, 0.1) is 18.2 Å². The second-order valence-corrected chi connectivity index (χ2v) is 8.67. The number of nitriles is 2. The molecule has 2 aliphatic rings. The van der Waals surface area contributed by atoms with Gasteiger partial charge in [0.15, 0.2) is 11.2 Å². The summed E-state index contributed by atoms with van der Waals surface area (Å²) in [5, 5.41) is 31.5. The molecule has 0 bridgehead atoms. The number of anilines is 1. The van der Waals surface area contributed by atoms with E-state index in [1.807, 2.05) is 17.0 Å². The molecule has 1 saturated heterocycles. The fraction of sp³-hybridized carbons (Fsp3) is 0.148. The van der Waals surface area contributed by atoms with Gasteiger partial charge in [-0.15, -0.1) is 0 Å². The number of hydrogen-bond donors (Lipinski definition) is 1. The quantitative estimate of drug-likeness (QED) is 0.544. The average molecular weight is 452 g/mol. The molecule has 0 amide bonds. The minimum absolute atomic E-state index is 0.0999. The molecule has 3 aromatic rings. The van der Waals surface area contributed by atoms with Crippen LogP contribution >= 0.6 is 11.6 Å². The van der Waals surface area contributed by atoms with Gasteiger partial charge in [0.25, 0.3) is 0 Å². The van der Waals surface area contributed by atoms with Gasteiger partial charge in [0.1, 0.15) is 11.8 Å². The fourth-order valence-corrected chi connectivity index (χ4v) is 5.41. The van der Waals surface area contributed by atoms with Crippen LogP contribution in [0.15, 0.2) is 78.9 Å². The SMILES string of the molecule is N#CC1C(c2cccc(Cl)c2)C(C#N)(C(=O)c2ccccc2)C2C=Cc3cc(O)ccc3N12. The molecule has 0 aromatic heterocycles. The molecule has 2 heterocycles. The molecule has 0 spiro atoms. The van der Waals surface area contributed by atoms with E-state index in [0.29, 0.717) is 21.8 Å². The van der Waals surface area contributed by atoms with Crippen molar-refractivity contribution < 1.29 is 9.90 Å². The Kier molecular flexibility index (Phi) is 4.93. The topological polar surface area (TPSA) is 88.1 Å². The Hall–Kier alpha value is -4.06. The van der Waals surface area contributed by atoms with E-state index in [-0.39, 0.29) is 11.5 Å². The number of carbonyl (C=O) groups is 1. The lowest BCUT2D eigenvalue weighted by Gasteiger charge is -2.35. The lowest BCUT2D eigenvalue weighted by Crippen LogP contribution is -2.45. The summed E-state index contributed by atoms with van der Waals surface area (Å²) in [4.78, 5) is 15.9. The monoisotopic (exact) mass is 451 g/mol. The van der Waals surface area contributed by atoms with Crippen LogP contribution in [-0.4, -0.2) is 23.0 Å². The first-order chi connectivity index (χ1) is 16.0. The summed E-state index contributed by atoms with van der Waals surface area (Å²) in [7, 11) is 0. The molecule has 1 fully saturated rings. The van der Waals surface area contributed by atoms with Gasteiger partial charge in [0.2, 0.25) is 0 Å². The third-order valence-corrected chi connectivity index (χ3v) is 6.79. The maximum Gasteiger partial charge on any atom is 0.186 e. The predicted molar refractivity (Wildman–Crippen MR) is 126 cm³/mol. The number of fused-ring (bicyclic) bond motifs is 3. The zero-order valence-corrected chi connectivity index (χ0v) is 18.1. The first-order valence-corrected chi connectivity index (χ1v) is 10.8. The van der Waals surface area contributed by atoms with Gasteiger partial charge < -0.3 is 10.0 Å². The first kappa shape index (κ1) is 20.8. The highest BCUT2D eigenvalue weighted by Crippen LogP contribution is 2.56. The summed E-state index contributed by atoms with van der Waals surface area (Å²) < 4.78 is 0. The Balaban J connectivity index is 1.80. The van der Waals surface area contributed by atoms with Gasteiger partial charge in [-0.25, -0.2) is 0 Å². The second-order valence-electron chi connectivity index (χ2n) is 8.24. The number of hydrogen-bond acceptors (Lipinski definition) is 5. The van der Waals surface area contributed by atoms with E-state index >= 15 is 0 Å². The summed E-state index contributed by atoms with van der Waals surface area (Å²) in [6.45, 7) is 0. The summed E-state index contributed by atoms with van der Waals surface area (Å²) in [6.07, 6.45) is 3.59. The van der Waals surface area contributed by atoms with E-state index in [4.69, 9.17) is 11.6 Å². The van der Waals surface area contributed by atoms with Crippen molar-refractivity contribution in [3.63, 3.8) is 0 Å². The zero-order chi connectivity index (χ0) is 23.2. The number of halogens is 1. The van der Waals surface area contributed by atoms with E-state index in [1.54, 1.807) is 72.8 Å². The molecule has 6 heteroatoms. The fourth-order valence-electron chi connectivity index (χ4n) is 5.21. The molecular weight excluding hydrogens is 434 g/mol. The van der Waals surface area contributed by atoms with Crippen LogP contribution in [0.3, 0.4) is 0 Å². The zero-order valence-electron chi connectivity index (χ0n) is 17.4. The van der Waals surface area contributed by atoms with E-state index < -0.39 is 23.4 Å². The molecule has 5 rings (SSSR count). The number of Topliss-reactive ketones (excluding diaryl/α,β-unsaturated/α-hetero) is 1. The number of nitrogens with zero attached hydrogens (tertiary/aromatic N) is 3. The second kappa shape index (κ2) is 7.81. The van der Waals surface area contributed by atoms with Crippen LogP contribution in [-0.2, 0) is 0 Å². The smallest absolute Gasteiger partial charge is 0.186 e. The molecule has 0 saturated carbocycles. The number of carbonyl (C=O) groups excluding carboxylic acids is 1. The van der Waals surface area contributed by atoms with E-state index in [0.717, 1.165) is 5.56 Å². The Labute approximate surface area is 196 Å². The van der Waals surface area contributed by atoms with Crippen molar-refractivity contribution in [2.24, 2.45) is 5.41 Å². The van der Waals surface area contributed by atoms with Crippen molar-refractivity contribution in [2.45, 2.75) is 18.0 Å². The molecule has 4 unspecified atom stereocenters. The summed E-state index contributed by atoms with van der Waals surface area (Å²) in [5.74, 6) is -0.994. The van der Waals surface area contributed by atoms with Crippen molar-refractivity contribution in [1.29, 1.82) is 10.5 Å². The van der Waals surface area contributed by atoms with Gasteiger partial charge in [-0.05, 0) is 35.9 Å². The third kappa shape index (κ3) is 3.02. The molecule has 3 aromatic carbocycles. The van der Waals surface area contributed by atoms with E-state index in [2.05, 4.69) is 12.1 Å². The number of phenolic OH excluding ortho intramolecular Hbond substituents is 1. The van der Waals surface area contributed by atoms with Crippen LogP contribution in [0.5, 0.6) is 5.75 Å². The van der Waals surface area contributed by atoms with Crippen LogP contribution in [0.2, 0.25) is 5.02 Å². The summed E-state index contributed by atoms with van der Waals surface area (Å²) in [5.41, 5.74) is 0.907. The van der Waals surface area contributed by atoms with Gasteiger partial charge in [-0.3, -0.25) is 4.79 Å². The van der Waals surface area contributed by atoms with Crippen LogP contribution in [0, 0.1) is 28.1 Å². The molecular formula is C27H18ClN3O2. The lowest BCUT2D eigenvalue weighted by atomic mass is 9.65.